The van der Waals surface area contributed by atoms with Crippen LogP contribution in [0.15, 0.2) is 6.07 Å². The largest absolute Gasteiger partial charge is 0.480 e. The number of aryl methyl sites for hydroxylation is 2. The summed E-state index contributed by atoms with van der Waals surface area (Å²) < 4.78 is 1.53. The minimum absolute atomic E-state index is 0.382. The number of carbonyl (C=O) groups excluding carboxylic acids is 1. The molecule has 0 spiro atoms. The molecule has 0 radical (unpaired) electrons. The molecule has 82 valence electrons. The Labute approximate surface area is 86.9 Å². The quantitative estimate of drug-likeness (QED) is 0.735. The highest BCUT2D eigenvalue weighted by molar-refractivity contribution is 5.94. The van der Waals surface area contributed by atoms with Crippen LogP contribution in [0, 0.1) is 6.92 Å². The van der Waals surface area contributed by atoms with E-state index in [1.807, 2.05) is 6.92 Å². The maximum absolute atomic E-state index is 11.5. The summed E-state index contributed by atoms with van der Waals surface area (Å²) in [6.45, 7) is 3.83. The van der Waals surface area contributed by atoms with Crippen molar-refractivity contribution in [1.29, 1.82) is 0 Å². The molecule has 2 N–H and O–H groups in total. The second-order valence-corrected chi connectivity index (χ2v) is 3.06. The van der Waals surface area contributed by atoms with Crippen molar-refractivity contribution < 1.29 is 14.7 Å². The lowest BCUT2D eigenvalue weighted by molar-refractivity contribution is -0.135. The van der Waals surface area contributed by atoms with Gasteiger partial charge in [-0.15, -0.1) is 0 Å². The van der Waals surface area contributed by atoms with Gasteiger partial charge in [0.2, 0.25) is 0 Å². The number of aliphatic carboxylic acids is 1. The van der Waals surface area contributed by atoms with Crippen LogP contribution in [0.4, 0.5) is 0 Å². The van der Waals surface area contributed by atoms with Gasteiger partial charge in [-0.1, -0.05) is 0 Å². The lowest BCUT2D eigenvalue weighted by Gasteiger charge is -2.03. The average molecular weight is 211 g/mol. The second-order valence-electron chi connectivity index (χ2n) is 3.06. The van der Waals surface area contributed by atoms with Crippen molar-refractivity contribution in [3.8, 4) is 0 Å². The molecule has 6 nitrogen and oxygen atoms in total. The molecule has 0 bridgehead atoms. The van der Waals surface area contributed by atoms with Crippen molar-refractivity contribution in [3.63, 3.8) is 0 Å². The molecule has 0 aliphatic carbocycles. The third kappa shape index (κ3) is 2.80. The number of carboxylic acids is 1. The topological polar surface area (TPSA) is 84.2 Å². The van der Waals surface area contributed by atoms with Gasteiger partial charge in [0.15, 0.2) is 0 Å². The number of nitrogens with zero attached hydrogens (tertiary/aromatic N) is 2. The van der Waals surface area contributed by atoms with Crippen LogP contribution in [0.2, 0.25) is 0 Å². The molecular weight excluding hydrogens is 198 g/mol. The summed E-state index contributed by atoms with van der Waals surface area (Å²) in [6.07, 6.45) is 0. The monoisotopic (exact) mass is 211 g/mol. The van der Waals surface area contributed by atoms with Gasteiger partial charge in [0.05, 0.1) is 5.69 Å². The molecule has 0 unspecified atom stereocenters. The number of hydrogen-bond acceptors (Lipinski definition) is 3. The zero-order chi connectivity index (χ0) is 11.4. The Morgan fingerprint density at radius 3 is 2.80 bits per heavy atom. The highest BCUT2D eigenvalue weighted by Gasteiger charge is 2.13. The number of hydrogen-bond donors (Lipinski definition) is 2. The number of aromatic nitrogens is 2. The first-order valence-corrected chi connectivity index (χ1v) is 4.59. The van der Waals surface area contributed by atoms with Crippen LogP contribution in [-0.2, 0) is 11.3 Å². The minimum atomic E-state index is -1.07. The Morgan fingerprint density at radius 2 is 2.27 bits per heavy atom. The Morgan fingerprint density at radius 1 is 1.60 bits per heavy atom. The van der Waals surface area contributed by atoms with E-state index in [9.17, 15) is 9.59 Å². The van der Waals surface area contributed by atoms with E-state index >= 15 is 0 Å². The van der Waals surface area contributed by atoms with Crippen LogP contribution < -0.4 is 5.32 Å². The third-order valence-corrected chi connectivity index (χ3v) is 1.83. The van der Waals surface area contributed by atoms with Crippen molar-refractivity contribution in [3.05, 3.63) is 17.5 Å². The standard InChI is InChI=1S/C9H13N3O3/c1-3-12-7(4-6(2)11-12)9(15)10-5-8(13)14/h4H,3,5H2,1-2H3,(H,10,15)(H,13,14). The van der Waals surface area contributed by atoms with Crippen LogP contribution in [-0.4, -0.2) is 33.3 Å². The van der Waals surface area contributed by atoms with Crippen molar-refractivity contribution in [2.75, 3.05) is 6.54 Å². The summed E-state index contributed by atoms with van der Waals surface area (Å²) in [5, 5.41) is 14.8. The Balaban J connectivity index is 2.76. The zero-order valence-electron chi connectivity index (χ0n) is 8.65. The van der Waals surface area contributed by atoms with Gasteiger partial charge in [-0.05, 0) is 19.9 Å². The van der Waals surface area contributed by atoms with Crippen molar-refractivity contribution in [2.24, 2.45) is 0 Å². The van der Waals surface area contributed by atoms with Gasteiger partial charge in [0.1, 0.15) is 12.2 Å². The van der Waals surface area contributed by atoms with Gasteiger partial charge in [-0.25, -0.2) is 0 Å². The van der Waals surface area contributed by atoms with E-state index in [0.29, 0.717) is 12.2 Å². The Kier molecular flexibility index (Phi) is 3.43. The normalized spacial score (nSPS) is 10.0. The molecule has 1 aromatic rings. The third-order valence-electron chi connectivity index (χ3n) is 1.83. The highest BCUT2D eigenvalue weighted by Crippen LogP contribution is 2.03. The molecule has 0 atom stereocenters. The van der Waals surface area contributed by atoms with Gasteiger partial charge in [-0.2, -0.15) is 5.10 Å². The first-order chi connectivity index (χ1) is 7.04. The predicted octanol–water partition coefficient (Wildman–Crippen LogP) is 0.0258. The molecule has 1 rings (SSSR count). The number of carboxylic acid groups (broad SMARTS) is 1. The van der Waals surface area contributed by atoms with Crippen LogP contribution in [0.25, 0.3) is 0 Å². The smallest absolute Gasteiger partial charge is 0.322 e. The fourth-order valence-corrected chi connectivity index (χ4v) is 1.22. The van der Waals surface area contributed by atoms with E-state index < -0.39 is 11.9 Å². The van der Waals surface area contributed by atoms with Gasteiger partial charge in [-0.3, -0.25) is 14.3 Å². The predicted molar refractivity (Wildman–Crippen MR) is 52.6 cm³/mol. The van der Waals surface area contributed by atoms with E-state index in [0.717, 1.165) is 5.69 Å². The van der Waals surface area contributed by atoms with Gasteiger partial charge < -0.3 is 10.4 Å². The maximum Gasteiger partial charge on any atom is 0.322 e. The summed E-state index contributed by atoms with van der Waals surface area (Å²) in [5.41, 5.74) is 1.12. The highest BCUT2D eigenvalue weighted by atomic mass is 16.4. The molecule has 1 amide bonds. The molecule has 0 fully saturated rings. The van der Waals surface area contributed by atoms with Crippen LogP contribution >= 0.6 is 0 Å². The molecule has 0 aliphatic rings. The molecule has 0 saturated carbocycles. The average Bonchev–Trinajstić information content (AvgIpc) is 2.56. The molecule has 0 aromatic carbocycles. The van der Waals surface area contributed by atoms with Gasteiger partial charge in [0, 0.05) is 6.54 Å². The van der Waals surface area contributed by atoms with E-state index in [2.05, 4.69) is 10.4 Å². The van der Waals surface area contributed by atoms with E-state index in [4.69, 9.17) is 5.11 Å². The minimum Gasteiger partial charge on any atom is -0.480 e. The molecule has 1 heterocycles. The maximum atomic E-state index is 11.5. The summed E-state index contributed by atoms with van der Waals surface area (Å²) in [7, 11) is 0. The fourth-order valence-electron chi connectivity index (χ4n) is 1.22. The fraction of sp³-hybridized carbons (Fsp3) is 0.444. The lowest BCUT2D eigenvalue weighted by atomic mass is 10.3. The number of amides is 1. The van der Waals surface area contributed by atoms with Crippen molar-refractivity contribution in [1.82, 2.24) is 15.1 Å². The Hall–Kier alpha value is -1.85. The summed E-state index contributed by atoms with van der Waals surface area (Å²) >= 11 is 0. The number of rotatable bonds is 4. The summed E-state index contributed by atoms with van der Waals surface area (Å²) in [6, 6.07) is 1.63. The second kappa shape index (κ2) is 4.59. The molecular formula is C9H13N3O3. The van der Waals surface area contributed by atoms with Crippen LogP contribution in [0.1, 0.15) is 23.1 Å². The molecule has 0 saturated heterocycles. The van der Waals surface area contributed by atoms with Crippen molar-refractivity contribution >= 4 is 11.9 Å². The summed E-state index contributed by atoms with van der Waals surface area (Å²) in [4.78, 5) is 21.8. The van der Waals surface area contributed by atoms with Crippen LogP contribution in [0.5, 0.6) is 0 Å². The van der Waals surface area contributed by atoms with Crippen LogP contribution in [0.3, 0.4) is 0 Å². The molecule has 1 aromatic heterocycles. The first kappa shape index (κ1) is 11.2. The first-order valence-electron chi connectivity index (χ1n) is 4.59. The number of nitrogens with one attached hydrogen (secondary N) is 1. The molecule has 6 heteroatoms. The molecule has 15 heavy (non-hydrogen) atoms. The van der Waals surface area contributed by atoms with E-state index in [-0.39, 0.29) is 6.54 Å². The Bertz CT molecular complexity index is 384. The number of carbonyl (C=O) groups is 2. The lowest BCUT2D eigenvalue weighted by Crippen LogP contribution is -2.30. The van der Waals surface area contributed by atoms with E-state index in [1.165, 1.54) is 4.68 Å². The van der Waals surface area contributed by atoms with Crippen molar-refractivity contribution in [2.45, 2.75) is 20.4 Å². The van der Waals surface area contributed by atoms with E-state index in [1.54, 1.807) is 13.0 Å². The van der Waals surface area contributed by atoms with Gasteiger partial charge in [0.25, 0.3) is 5.91 Å². The SMILES string of the molecule is CCn1nc(C)cc1C(=O)NCC(=O)O. The molecule has 0 aliphatic heterocycles. The van der Waals surface area contributed by atoms with Gasteiger partial charge >= 0.3 is 5.97 Å². The summed E-state index contributed by atoms with van der Waals surface area (Å²) in [5.74, 6) is -1.48. The zero-order valence-corrected chi connectivity index (χ0v) is 8.65.